The number of hydrogen-bond donors (Lipinski definition) is 0. The molecule has 0 radical (unpaired) electrons. The molecule has 0 N–H and O–H groups in total. The molecule has 0 bridgehead atoms. The molecule has 10 rings (SSSR count). The van der Waals surface area contributed by atoms with E-state index in [9.17, 15) is 0 Å². The number of fused-ring (bicyclic) bond motifs is 6. The Balaban J connectivity index is 1.11. The second-order valence-electron chi connectivity index (χ2n) is 13.7. The molecule has 7 aromatic carbocycles. The molecule has 2 heterocycles. The van der Waals surface area contributed by atoms with Crippen molar-refractivity contribution < 1.29 is 0 Å². The fourth-order valence-corrected chi connectivity index (χ4v) is 8.17. The Morgan fingerprint density at radius 1 is 0.500 bits per heavy atom. The minimum atomic E-state index is 0.282. The molecule has 3 heteroatoms. The topological polar surface area (TPSA) is 30.7 Å². The molecule has 0 spiro atoms. The zero-order valence-corrected chi connectivity index (χ0v) is 28.7. The first kappa shape index (κ1) is 30.3. The van der Waals surface area contributed by atoms with E-state index in [4.69, 9.17) is 9.97 Å². The van der Waals surface area contributed by atoms with Crippen molar-refractivity contribution in [3.05, 3.63) is 193 Å². The monoisotopic (exact) mass is 665 g/mol. The van der Waals surface area contributed by atoms with Gasteiger partial charge in [-0.3, -0.25) is 0 Å². The highest BCUT2D eigenvalue weighted by molar-refractivity contribution is 6.12. The van der Waals surface area contributed by atoms with Crippen molar-refractivity contribution in [1.82, 2.24) is 14.5 Å². The van der Waals surface area contributed by atoms with Crippen molar-refractivity contribution in [2.75, 3.05) is 0 Å². The van der Waals surface area contributed by atoms with E-state index in [1.165, 1.54) is 49.6 Å². The minimum Gasteiger partial charge on any atom is -0.309 e. The van der Waals surface area contributed by atoms with Gasteiger partial charge in [0.25, 0.3) is 0 Å². The van der Waals surface area contributed by atoms with Gasteiger partial charge in [0, 0.05) is 38.9 Å². The summed E-state index contributed by atoms with van der Waals surface area (Å²) >= 11 is 0. The largest absolute Gasteiger partial charge is 0.309 e. The molecule has 0 saturated heterocycles. The van der Waals surface area contributed by atoms with Crippen LogP contribution in [0.15, 0.2) is 176 Å². The van der Waals surface area contributed by atoms with Gasteiger partial charge < -0.3 is 4.57 Å². The molecule has 52 heavy (non-hydrogen) atoms. The zero-order valence-electron chi connectivity index (χ0n) is 28.7. The maximum atomic E-state index is 5.13. The first-order valence-electron chi connectivity index (χ1n) is 18.1. The lowest BCUT2D eigenvalue weighted by atomic mass is 9.83. The molecule has 9 aromatic rings. The average Bonchev–Trinajstić information content (AvgIpc) is 3.40. The lowest BCUT2D eigenvalue weighted by Gasteiger charge is -2.21. The summed E-state index contributed by atoms with van der Waals surface area (Å²) in [6, 6.07) is 60.9. The van der Waals surface area contributed by atoms with Gasteiger partial charge in [-0.05, 0) is 71.0 Å². The van der Waals surface area contributed by atoms with E-state index in [0.29, 0.717) is 0 Å². The second kappa shape index (κ2) is 12.6. The van der Waals surface area contributed by atoms with Gasteiger partial charge in [-0.2, -0.15) is 0 Å². The molecule has 246 valence electrons. The summed E-state index contributed by atoms with van der Waals surface area (Å²) in [6.07, 6.45) is 6.80. The summed E-state index contributed by atoms with van der Waals surface area (Å²) in [5.74, 6) is 1.02. The van der Waals surface area contributed by atoms with Crippen LogP contribution < -0.4 is 0 Å². The Kier molecular flexibility index (Phi) is 7.35. The molecular weight excluding hydrogens is 631 g/mol. The van der Waals surface area contributed by atoms with Crippen LogP contribution in [0.4, 0.5) is 0 Å². The zero-order chi connectivity index (χ0) is 34.4. The number of rotatable bonds is 5. The van der Waals surface area contributed by atoms with E-state index in [0.717, 1.165) is 52.1 Å². The lowest BCUT2D eigenvalue weighted by Crippen LogP contribution is -2.03. The van der Waals surface area contributed by atoms with Crippen LogP contribution in [-0.4, -0.2) is 14.5 Å². The molecule has 1 aliphatic rings. The van der Waals surface area contributed by atoms with Crippen LogP contribution in [0.2, 0.25) is 0 Å². The number of nitrogens with zero attached hydrogens (tertiary/aromatic N) is 3. The van der Waals surface area contributed by atoms with E-state index in [2.05, 4.69) is 162 Å². The number of hydrogen-bond acceptors (Lipinski definition) is 2. The van der Waals surface area contributed by atoms with Gasteiger partial charge in [-0.25, -0.2) is 9.97 Å². The van der Waals surface area contributed by atoms with Crippen molar-refractivity contribution in [2.45, 2.75) is 18.8 Å². The highest BCUT2D eigenvalue weighted by atomic mass is 15.0. The third-order valence-corrected chi connectivity index (χ3v) is 10.6. The molecule has 1 aliphatic carbocycles. The predicted octanol–water partition coefficient (Wildman–Crippen LogP) is 12.7. The average molecular weight is 666 g/mol. The van der Waals surface area contributed by atoms with Crippen LogP contribution in [-0.2, 0) is 0 Å². The molecular formula is C49H35N3. The van der Waals surface area contributed by atoms with Crippen molar-refractivity contribution in [3.8, 4) is 39.5 Å². The van der Waals surface area contributed by atoms with E-state index < -0.39 is 0 Å². The van der Waals surface area contributed by atoms with E-state index >= 15 is 0 Å². The molecule has 1 unspecified atom stereocenters. The summed E-state index contributed by atoms with van der Waals surface area (Å²) in [5, 5.41) is 3.68. The van der Waals surface area contributed by atoms with E-state index in [-0.39, 0.29) is 5.92 Å². The molecule has 0 amide bonds. The van der Waals surface area contributed by atoms with Gasteiger partial charge in [-0.1, -0.05) is 152 Å². The van der Waals surface area contributed by atoms with Gasteiger partial charge in [0.15, 0.2) is 5.82 Å². The van der Waals surface area contributed by atoms with Gasteiger partial charge >= 0.3 is 0 Å². The summed E-state index contributed by atoms with van der Waals surface area (Å²) < 4.78 is 2.44. The van der Waals surface area contributed by atoms with Gasteiger partial charge in [0.2, 0.25) is 0 Å². The van der Waals surface area contributed by atoms with Crippen LogP contribution in [0.3, 0.4) is 0 Å². The second-order valence-corrected chi connectivity index (χ2v) is 13.7. The minimum absolute atomic E-state index is 0.282. The van der Waals surface area contributed by atoms with Gasteiger partial charge in [-0.15, -0.1) is 0 Å². The first-order chi connectivity index (χ1) is 25.8. The SMILES string of the molecule is C1=Cc2ccc3c(c2C(c2ccc(-c4ccccc4)cc2)CC1)c1ccccc1n3-c1ccc(-c2nc(-c3ccccc3)nc3ccccc23)cc1. The van der Waals surface area contributed by atoms with Crippen molar-refractivity contribution in [2.24, 2.45) is 0 Å². The number of aromatic nitrogens is 3. The van der Waals surface area contributed by atoms with Gasteiger partial charge in [0.05, 0.1) is 22.2 Å². The van der Waals surface area contributed by atoms with E-state index in [1.54, 1.807) is 0 Å². The Morgan fingerprint density at radius 2 is 1.15 bits per heavy atom. The smallest absolute Gasteiger partial charge is 0.160 e. The molecule has 0 saturated carbocycles. The van der Waals surface area contributed by atoms with Crippen molar-refractivity contribution in [3.63, 3.8) is 0 Å². The fraction of sp³-hybridized carbons (Fsp3) is 0.0612. The van der Waals surface area contributed by atoms with Gasteiger partial charge in [0.1, 0.15) is 0 Å². The van der Waals surface area contributed by atoms with Crippen molar-refractivity contribution in [1.29, 1.82) is 0 Å². The molecule has 0 aliphatic heterocycles. The summed E-state index contributed by atoms with van der Waals surface area (Å²) in [6.45, 7) is 0. The molecule has 0 fully saturated rings. The fourth-order valence-electron chi connectivity index (χ4n) is 8.17. The Hall–Kier alpha value is -6.58. The van der Waals surface area contributed by atoms with Crippen molar-refractivity contribution >= 4 is 38.8 Å². The normalized spacial score (nSPS) is 14.1. The number of para-hydroxylation sites is 2. The highest BCUT2D eigenvalue weighted by Gasteiger charge is 2.25. The van der Waals surface area contributed by atoms with Crippen LogP contribution in [0, 0.1) is 0 Å². The Labute approximate surface area is 303 Å². The predicted molar refractivity (Wildman–Crippen MR) is 217 cm³/mol. The Morgan fingerprint density at radius 3 is 1.94 bits per heavy atom. The first-order valence-corrected chi connectivity index (χ1v) is 18.1. The summed E-state index contributed by atoms with van der Waals surface area (Å²) in [4.78, 5) is 10.1. The van der Waals surface area contributed by atoms with Crippen LogP contribution >= 0.6 is 0 Å². The molecule has 3 nitrogen and oxygen atoms in total. The molecule has 1 atom stereocenters. The van der Waals surface area contributed by atoms with Crippen LogP contribution in [0.25, 0.3) is 78.2 Å². The number of benzene rings is 7. The third-order valence-electron chi connectivity index (χ3n) is 10.6. The quantitative estimate of drug-likeness (QED) is 0.183. The maximum Gasteiger partial charge on any atom is 0.160 e. The van der Waals surface area contributed by atoms with Crippen LogP contribution in [0.1, 0.15) is 35.4 Å². The standard InChI is InChI=1S/C49H35N3/c1-3-13-33(14-4-1)34-23-25-35(26-24-34)40-18-8-7-15-36-29-32-45-47(46(36)40)42-20-10-12-22-44(42)52(45)39-30-27-37(28-31-39)48-41-19-9-11-21-43(41)50-49(51-48)38-16-5-2-6-17-38/h1-7,9-17,19-32,40H,8,18H2. The number of allylic oxidation sites excluding steroid dienone is 1. The van der Waals surface area contributed by atoms with E-state index in [1.807, 2.05) is 24.3 Å². The third kappa shape index (κ3) is 5.13. The Bertz CT molecular complexity index is 2760. The maximum absolute atomic E-state index is 5.13. The molecule has 2 aromatic heterocycles. The highest BCUT2D eigenvalue weighted by Crippen LogP contribution is 2.44. The van der Waals surface area contributed by atoms with Crippen LogP contribution in [0.5, 0.6) is 0 Å². The summed E-state index contributed by atoms with van der Waals surface area (Å²) in [7, 11) is 0. The summed E-state index contributed by atoms with van der Waals surface area (Å²) in [5.41, 5.74) is 14.1. The lowest BCUT2D eigenvalue weighted by molar-refractivity contribution is 0.739.